The molecule has 1 heterocycles. The number of ether oxygens (including phenoxy) is 1. The first-order valence-electron chi connectivity index (χ1n) is 9.86. The first kappa shape index (κ1) is 21.5. The van der Waals surface area contributed by atoms with Gasteiger partial charge in [-0.05, 0) is 42.8 Å². The molecule has 0 aliphatic heterocycles. The SMILES string of the molecule is CCCCN(C(=O)Cc1csc(NC(=O)c2ccc(OC)cc2)n1)c1ccccc1. The lowest BCUT2D eigenvalue weighted by Gasteiger charge is -2.22. The Kier molecular flexibility index (Phi) is 7.57. The Balaban J connectivity index is 1.64. The van der Waals surface area contributed by atoms with E-state index in [2.05, 4.69) is 17.2 Å². The van der Waals surface area contributed by atoms with Crippen molar-refractivity contribution in [3.63, 3.8) is 0 Å². The van der Waals surface area contributed by atoms with Crippen molar-refractivity contribution in [3.8, 4) is 5.75 Å². The Morgan fingerprint density at radius 3 is 2.50 bits per heavy atom. The van der Waals surface area contributed by atoms with Crippen LogP contribution in [-0.4, -0.2) is 30.5 Å². The highest BCUT2D eigenvalue weighted by Crippen LogP contribution is 2.20. The molecular formula is C23H25N3O3S. The van der Waals surface area contributed by atoms with Crippen molar-refractivity contribution in [1.29, 1.82) is 0 Å². The van der Waals surface area contributed by atoms with Crippen LogP contribution in [0.15, 0.2) is 60.0 Å². The first-order valence-corrected chi connectivity index (χ1v) is 10.7. The summed E-state index contributed by atoms with van der Waals surface area (Å²) in [5.41, 5.74) is 2.05. The number of unbranched alkanes of at least 4 members (excludes halogenated alkanes) is 1. The number of anilines is 2. The molecule has 6 nitrogen and oxygen atoms in total. The fourth-order valence-electron chi connectivity index (χ4n) is 2.93. The maximum absolute atomic E-state index is 12.9. The summed E-state index contributed by atoms with van der Waals surface area (Å²) in [6.07, 6.45) is 2.13. The van der Waals surface area contributed by atoms with Crippen LogP contribution < -0.4 is 15.0 Å². The summed E-state index contributed by atoms with van der Waals surface area (Å²) in [6, 6.07) is 16.5. The largest absolute Gasteiger partial charge is 0.497 e. The normalized spacial score (nSPS) is 10.5. The first-order chi connectivity index (χ1) is 14.6. The van der Waals surface area contributed by atoms with E-state index in [0.717, 1.165) is 18.5 Å². The van der Waals surface area contributed by atoms with Gasteiger partial charge in [0.15, 0.2) is 5.13 Å². The van der Waals surface area contributed by atoms with Gasteiger partial charge in [-0.1, -0.05) is 31.5 Å². The van der Waals surface area contributed by atoms with Gasteiger partial charge in [-0.25, -0.2) is 4.98 Å². The summed E-state index contributed by atoms with van der Waals surface area (Å²) in [5.74, 6) is 0.430. The molecule has 0 spiro atoms. The molecule has 0 saturated heterocycles. The van der Waals surface area contributed by atoms with E-state index in [1.807, 2.05) is 35.7 Å². The third kappa shape index (κ3) is 5.67. The number of methoxy groups -OCH3 is 1. The summed E-state index contributed by atoms with van der Waals surface area (Å²) in [4.78, 5) is 31.5. The lowest BCUT2D eigenvalue weighted by atomic mass is 10.2. The minimum Gasteiger partial charge on any atom is -0.497 e. The van der Waals surface area contributed by atoms with E-state index in [1.165, 1.54) is 11.3 Å². The quantitative estimate of drug-likeness (QED) is 0.538. The molecule has 0 aliphatic rings. The van der Waals surface area contributed by atoms with Crippen LogP contribution in [0, 0.1) is 0 Å². The van der Waals surface area contributed by atoms with Gasteiger partial charge in [0.25, 0.3) is 5.91 Å². The van der Waals surface area contributed by atoms with Gasteiger partial charge in [0.2, 0.25) is 5.91 Å². The Labute approximate surface area is 180 Å². The zero-order valence-electron chi connectivity index (χ0n) is 17.1. The molecule has 3 rings (SSSR count). The lowest BCUT2D eigenvalue weighted by molar-refractivity contribution is -0.118. The zero-order chi connectivity index (χ0) is 21.3. The number of carbonyl (C=O) groups is 2. The fourth-order valence-corrected chi connectivity index (χ4v) is 3.63. The van der Waals surface area contributed by atoms with Gasteiger partial charge in [-0.15, -0.1) is 11.3 Å². The number of aromatic nitrogens is 1. The van der Waals surface area contributed by atoms with Gasteiger partial charge in [0, 0.05) is 23.2 Å². The molecule has 156 valence electrons. The number of amides is 2. The molecule has 0 atom stereocenters. The molecule has 0 radical (unpaired) electrons. The van der Waals surface area contributed by atoms with Crippen molar-refractivity contribution in [2.24, 2.45) is 0 Å². The average molecular weight is 424 g/mol. The molecule has 7 heteroatoms. The van der Waals surface area contributed by atoms with Crippen molar-refractivity contribution >= 4 is 34.0 Å². The molecule has 3 aromatic rings. The van der Waals surface area contributed by atoms with Gasteiger partial charge in [-0.3, -0.25) is 14.9 Å². The van der Waals surface area contributed by atoms with E-state index >= 15 is 0 Å². The lowest BCUT2D eigenvalue weighted by Crippen LogP contribution is -2.33. The molecule has 0 fully saturated rings. The molecule has 1 N–H and O–H groups in total. The predicted molar refractivity (Wildman–Crippen MR) is 120 cm³/mol. The molecule has 30 heavy (non-hydrogen) atoms. The van der Waals surface area contributed by atoms with Crippen LogP contribution in [-0.2, 0) is 11.2 Å². The standard InChI is InChI=1S/C23H25N3O3S/c1-3-4-14-26(19-8-6-5-7-9-19)21(27)15-18-16-30-23(24-18)25-22(28)17-10-12-20(29-2)13-11-17/h5-13,16H,3-4,14-15H2,1-2H3,(H,24,25,28). The number of rotatable bonds is 9. The summed E-state index contributed by atoms with van der Waals surface area (Å²) < 4.78 is 5.11. The van der Waals surface area contributed by atoms with Gasteiger partial charge < -0.3 is 9.64 Å². The highest BCUT2D eigenvalue weighted by Gasteiger charge is 2.18. The van der Waals surface area contributed by atoms with Crippen molar-refractivity contribution in [2.45, 2.75) is 26.2 Å². The maximum atomic E-state index is 12.9. The molecule has 1 aromatic heterocycles. The van der Waals surface area contributed by atoms with E-state index in [4.69, 9.17) is 4.74 Å². The second-order valence-corrected chi connectivity index (χ2v) is 7.60. The van der Waals surface area contributed by atoms with Crippen LogP contribution in [0.1, 0.15) is 35.8 Å². The topological polar surface area (TPSA) is 71.5 Å². The van der Waals surface area contributed by atoms with Gasteiger partial charge in [-0.2, -0.15) is 0 Å². The highest BCUT2D eigenvalue weighted by atomic mass is 32.1. The zero-order valence-corrected chi connectivity index (χ0v) is 17.9. The van der Waals surface area contributed by atoms with Crippen LogP contribution >= 0.6 is 11.3 Å². The number of benzene rings is 2. The predicted octanol–water partition coefficient (Wildman–Crippen LogP) is 4.78. The molecular weight excluding hydrogens is 398 g/mol. The number of nitrogens with one attached hydrogen (secondary N) is 1. The summed E-state index contributed by atoms with van der Waals surface area (Å²) in [5, 5.41) is 5.07. The molecule has 0 saturated carbocycles. The highest BCUT2D eigenvalue weighted by molar-refractivity contribution is 7.14. The molecule has 0 aliphatic carbocycles. The summed E-state index contributed by atoms with van der Waals surface area (Å²) in [6.45, 7) is 2.77. The number of nitrogens with zero attached hydrogens (tertiary/aromatic N) is 2. The summed E-state index contributed by atoms with van der Waals surface area (Å²) >= 11 is 1.31. The van der Waals surface area contributed by atoms with Crippen LogP contribution in [0.2, 0.25) is 0 Å². The number of carbonyl (C=O) groups excluding carboxylic acids is 2. The molecule has 0 unspecified atom stereocenters. The minimum absolute atomic E-state index is 0.00650. The number of para-hydroxylation sites is 1. The minimum atomic E-state index is -0.251. The number of hydrogen-bond acceptors (Lipinski definition) is 5. The van der Waals surface area contributed by atoms with Crippen molar-refractivity contribution < 1.29 is 14.3 Å². The summed E-state index contributed by atoms with van der Waals surface area (Å²) in [7, 11) is 1.58. The van der Waals surface area contributed by atoms with Crippen molar-refractivity contribution in [2.75, 3.05) is 23.9 Å². The van der Waals surface area contributed by atoms with Crippen molar-refractivity contribution in [1.82, 2.24) is 4.98 Å². The van der Waals surface area contributed by atoms with Crippen LogP contribution in [0.25, 0.3) is 0 Å². The van der Waals surface area contributed by atoms with E-state index in [-0.39, 0.29) is 18.2 Å². The second-order valence-electron chi connectivity index (χ2n) is 6.74. The van der Waals surface area contributed by atoms with Crippen LogP contribution in [0.3, 0.4) is 0 Å². The monoisotopic (exact) mass is 423 g/mol. The molecule has 2 amide bonds. The van der Waals surface area contributed by atoms with E-state index in [1.54, 1.807) is 36.3 Å². The van der Waals surface area contributed by atoms with Gasteiger partial charge in [0.1, 0.15) is 5.75 Å². The Morgan fingerprint density at radius 2 is 1.83 bits per heavy atom. The Morgan fingerprint density at radius 1 is 1.10 bits per heavy atom. The smallest absolute Gasteiger partial charge is 0.257 e. The number of thiazole rings is 1. The second kappa shape index (κ2) is 10.5. The van der Waals surface area contributed by atoms with Gasteiger partial charge >= 0.3 is 0 Å². The maximum Gasteiger partial charge on any atom is 0.257 e. The molecule has 0 bridgehead atoms. The van der Waals surface area contributed by atoms with E-state index in [9.17, 15) is 9.59 Å². The van der Waals surface area contributed by atoms with E-state index in [0.29, 0.717) is 28.7 Å². The van der Waals surface area contributed by atoms with E-state index < -0.39 is 0 Å². The Hall–Kier alpha value is -3.19. The third-order valence-electron chi connectivity index (χ3n) is 4.56. The fraction of sp³-hybridized carbons (Fsp3) is 0.261. The van der Waals surface area contributed by atoms with Crippen LogP contribution in [0.5, 0.6) is 5.75 Å². The molecule has 2 aromatic carbocycles. The Bertz CT molecular complexity index is 971. The van der Waals surface area contributed by atoms with Crippen molar-refractivity contribution in [3.05, 3.63) is 71.2 Å². The van der Waals surface area contributed by atoms with Crippen LogP contribution in [0.4, 0.5) is 10.8 Å². The third-order valence-corrected chi connectivity index (χ3v) is 5.37. The van der Waals surface area contributed by atoms with Gasteiger partial charge in [0.05, 0.1) is 19.2 Å². The average Bonchev–Trinajstić information content (AvgIpc) is 3.21. The number of hydrogen-bond donors (Lipinski definition) is 1.